The maximum atomic E-state index is 13.1. The molecule has 0 aliphatic carbocycles. The van der Waals surface area contributed by atoms with E-state index in [4.69, 9.17) is 71.1 Å². The Morgan fingerprint density at radius 2 is 0.976 bits per heavy atom. The number of amides is 2. The van der Waals surface area contributed by atoms with Gasteiger partial charge in [0.05, 0.1) is 76.7 Å². The molecule has 6 aromatic rings. The Morgan fingerprint density at radius 1 is 0.585 bits per heavy atom. The summed E-state index contributed by atoms with van der Waals surface area (Å²) in [7, 11) is 2.40. The van der Waals surface area contributed by atoms with Crippen LogP contribution in [0.3, 0.4) is 0 Å². The Hall–Kier alpha value is -6.88. The summed E-state index contributed by atoms with van der Waals surface area (Å²) >= 11 is 25.7. The van der Waals surface area contributed by atoms with Crippen molar-refractivity contribution in [3.05, 3.63) is 174 Å². The first-order chi connectivity index (χ1) is 38.4. The van der Waals surface area contributed by atoms with Gasteiger partial charge in [-0.2, -0.15) is 27.0 Å². The molecule has 2 heterocycles. The summed E-state index contributed by atoms with van der Waals surface area (Å²) < 4.78 is 20.9. The van der Waals surface area contributed by atoms with Crippen molar-refractivity contribution < 1.29 is 52.6 Å². The number of hydrogen-bond acceptors (Lipinski definition) is 15. The number of Topliss-reactive ketones (excluding diaryl/α,β-unsaturated/α-hetero) is 2. The number of nitrogens with zero attached hydrogens (tertiary/aromatic N) is 1. The van der Waals surface area contributed by atoms with Crippen molar-refractivity contribution >= 4 is 120 Å². The second-order valence-corrected chi connectivity index (χ2v) is 20.2. The van der Waals surface area contributed by atoms with Crippen molar-refractivity contribution in [2.24, 2.45) is 0 Å². The van der Waals surface area contributed by atoms with E-state index in [9.17, 15) is 38.9 Å². The lowest BCUT2D eigenvalue weighted by molar-refractivity contribution is -0.385. The second kappa shape index (κ2) is 31.5. The largest absolute Gasteiger partial charge is 0.493 e. The molecule has 2 unspecified atom stereocenters. The predicted octanol–water partition coefficient (Wildman–Crippen LogP) is 10.5. The number of ketones is 2. The number of nitro benzene ring substituents is 1. The third-order valence-corrected chi connectivity index (χ3v) is 14.4. The predicted molar refractivity (Wildman–Crippen MR) is 325 cm³/mol. The maximum absolute atomic E-state index is 13.1. The standard InChI is InChI=1S/C29H27Cl2N3O7.C29H29Cl2N3O5.2H2S/c1-40-29(37)25(33-28(36)27-22(30)13-18(14-23(27)31)17-5-3-2-4-6-17)9-8-20(35)16-32-24-11-12-41-26-10-7-19(34(38)39)15-21(24)26;1-38-29(37)25(9-8-20(35)16-33-24-11-12-39-26-10-7-19(32)15-21(24)26)34-28(36)27-22(30)13-18(14-23(27)31)17-5-3-2-4-6-17;;/h2-7,10,13-15,24-25,32H,8-9,11-12,16H2,1H3,(H,33,36);2-7,10,13-15,24-25,33H,8-9,11-12,16,32H2,1H3,(H,34,36);2*1H2/t2*24?,25-;;/m00../s1. The van der Waals surface area contributed by atoms with Gasteiger partial charge < -0.3 is 45.9 Å². The minimum atomic E-state index is -1.12. The molecular formula is C58H60Cl4N6O12S2. The normalized spacial score (nSPS) is 14.5. The molecule has 4 atom stereocenters. The van der Waals surface area contributed by atoms with Gasteiger partial charge in [-0.15, -0.1) is 0 Å². The number of rotatable bonds is 21. The summed E-state index contributed by atoms with van der Waals surface area (Å²) in [5.74, 6) is -1.81. The van der Waals surface area contributed by atoms with Gasteiger partial charge in [0.15, 0.2) is 0 Å². The lowest BCUT2D eigenvalue weighted by Crippen LogP contribution is -2.42. The van der Waals surface area contributed by atoms with E-state index in [1.54, 1.807) is 36.4 Å². The number of halogens is 4. The van der Waals surface area contributed by atoms with Crippen molar-refractivity contribution in [1.82, 2.24) is 21.3 Å². The molecular weight excluding hydrogens is 1180 g/mol. The minimum Gasteiger partial charge on any atom is -0.493 e. The van der Waals surface area contributed by atoms with Crippen LogP contribution in [0.4, 0.5) is 11.4 Å². The van der Waals surface area contributed by atoms with Gasteiger partial charge in [-0.05, 0) is 83.6 Å². The molecule has 8 rings (SSSR count). The van der Waals surface area contributed by atoms with E-state index in [1.165, 1.54) is 26.4 Å². The highest BCUT2D eigenvalue weighted by Gasteiger charge is 2.30. The fourth-order valence-corrected chi connectivity index (χ4v) is 10.3. The van der Waals surface area contributed by atoms with Gasteiger partial charge in [-0.1, -0.05) is 107 Å². The number of non-ortho nitro benzene ring substituents is 1. The van der Waals surface area contributed by atoms with Crippen molar-refractivity contribution in [3.8, 4) is 33.8 Å². The van der Waals surface area contributed by atoms with Crippen molar-refractivity contribution in [2.75, 3.05) is 46.3 Å². The quantitative estimate of drug-likeness (QED) is 0.0194. The number of nitrogens with one attached hydrogen (secondary N) is 4. The summed E-state index contributed by atoms with van der Waals surface area (Å²) in [5.41, 5.74) is 11.2. The molecule has 2 amide bonds. The summed E-state index contributed by atoms with van der Waals surface area (Å²) in [6.07, 6.45) is 1.22. The van der Waals surface area contributed by atoms with E-state index >= 15 is 0 Å². The lowest BCUT2D eigenvalue weighted by Gasteiger charge is -2.27. The van der Waals surface area contributed by atoms with Gasteiger partial charge in [-0.3, -0.25) is 29.3 Å². The zero-order chi connectivity index (χ0) is 57.5. The molecule has 0 fully saturated rings. The molecule has 2 aliphatic heterocycles. The third-order valence-electron chi connectivity index (χ3n) is 13.2. The van der Waals surface area contributed by atoms with E-state index in [-0.39, 0.29) is 126 Å². The van der Waals surface area contributed by atoms with Gasteiger partial charge in [0.2, 0.25) is 0 Å². The summed E-state index contributed by atoms with van der Waals surface area (Å²) in [5, 5.41) is 23.2. The Bertz CT molecular complexity index is 3230. The number of nitro groups is 1. The monoisotopic (exact) mass is 1240 g/mol. The highest BCUT2D eigenvalue weighted by atomic mass is 35.5. The molecule has 24 heteroatoms. The summed E-state index contributed by atoms with van der Waals surface area (Å²) in [6.45, 7) is 0.952. The zero-order valence-corrected chi connectivity index (χ0v) is 49.4. The number of nitrogens with two attached hydrogens (primary N) is 1. The Labute approximate surface area is 507 Å². The van der Waals surface area contributed by atoms with Gasteiger partial charge in [0.1, 0.15) is 35.1 Å². The number of carbonyl (C=O) groups excluding carboxylic acids is 6. The molecule has 6 N–H and O–H groups in total. The Kier molecular flexibility index (Phi) is 25.3. The number of anilines is 1. The molecule has 6 aromatic carbocycles. The number of nitrogen functional groups attached to an aromatic ring is 1. The third kappa shape index (κ3) is 17.6. The van der Waals surface area contributed by atoms with E-state index in [0.29, 0.717) is 43.1 Å². The highest BCUT2D eigenvalue weighted by Crippen LogP contribution is 2.37. The number of methoxy groups -OCH3 is 2. The molecule has 0 aromatic heterocycles. The minimum absolute atomic E-state index is 0. The first kappa shape index (κ1) is 65.9. The first-order valence-corrected chi connectivity index (χ1v) is 26.8. The summed E-state index contributed by atoms with van der Waals surface area (Å²) in [6, 6.07) is 32.5. The van der Waals surface area contributed by atoms with Gasteiger partial charge >= 0.3 is 11.9 Å². The lowest BCUT2D eigenvalue weighted by atomic mass is 9.99. The first-order valence-electron chi connectivity index (χ1n) is 25.2. The fourth-order valence-electron chi connectivity index (χ4n) is 9.01. The van der Waals surface area contributed by atoms with E-state index in [1.807, 2.05) is 72.8 Å². The molecule has 82 heavy (non-hydrogen) atoms. The molecule has 0 spiro atoms. The zero-order valence-electron chi connectivity index (χ0n) is 44.4. The van der Waals surface area contributed by atoms with Crippen LogP contribution in [0.15, 0.2) is 121 Å². The van der Waals surface area contributed by atoms with Crippen LogP contribution in [0.1, 0.15) is 82.5 Å². The van der Waals surface area contributed by atoms with Crippen molar-refractivity contribution in [3.63, 3.8) is 0 Å². The highest BCUT2D eigenvalue weighted by molar-refractivity contribution is 7.59. The topological polar surface area (TPSA) is 257 Å². The molecule has 2 aliphatic rings. The van der Waals surface area contributed by atoms with Crippen LogP contribution in [-0.4, -0.2) is 92.8 Å². The Balaban J connectivity index is 0.000000294. The Morgan fingerprint density at radius 3 is 1.37 bits per heavy atom. The summed E-state index contributed by atoms with van der Waals surface area (Å²) in [4.78, 5) is 87.1. The smallest absolute Gasteiger partial charge is 0.328 e. The number of esters is 2. The van der Waals surface area contributed by atoms with Crippen LogP contribution in [-0.2, 0) is 28.7 Å². The second-order valence-electron chi connectivity index (χ2n) is 18.5. The maximum Gasteiger partial charge on any atom is 0.328 e. The van der Waals surface area contributed by atoms with Crippen LogP contribution in [0.5, 0.6) is 11.5 Å². The van der Waals surface area contributed by atoms with Gasteiger partial charge in [0.25, 0.3) is 17.5 Å². The van der Waals surface area contributed by atoms with Crippen molar-refractivity contribution in [2.45, 2.75) is 62.7 Å². The van der Waals surface area contributed by atoms with Crippen LogP contribution in [0, 0.1) is 10.1 Å². The van der Waals surface area contributed by atoms with Gasteiger partial charge in [0, 0.05) is 66.7 Å². The molecule has 0 radical (unpaired) electrons. The molecule has 0 bridgehead atoms. The number of ether oxygens (including phenoxy) is 4. The molecule has 0 saturated carbocycles. The van der Waals surface area contributed by atoms with Crippen LogP contribution >= 0.6 is 73.4 Å². The van der Waals surface area contributed by atoms with E-state index < -0.39 is 40.8 Å². The van der Waals surface area contributed by atoms with Crippen LogP contribution in [0.2, 0.25) is 20.1 Å². The number of hydrogen-bond donors (Lipinski definition) is 5. The average molecular weight is 1240 g/mol. The van der Waals surface area contributed by atoms with Crippen LogP contribution in [0.25, 0.3) is 22.3 Å². The number of carbonyl (C=O) groups is 6. The van der Waals surface area contributed by atoms with Crippen molar-refractivity contribution in [1.29, 1.82) is 0 Å². The fraction of sp³-hybridized carbons (Fsp3) is 0.276. The van der Waals surface area contributed by atoms with Gasteiger partial charge in [-0.25, -0.2) is 9.59 Å². The van der Waals surface area contributed by atoms with E-state index in [2.05, 4.69) is 21.3 Å². The molecule has 18 nitrogen and oxygen atoms in total. The number of fused-ring (bicyclic) bond motifs is 2. The van der Waals surface area contributed by atoms with E-state index in [0.717, 1.165) is 33.6 Å². The van der Waals surface area contributed by atoms with Crippen LogP contribution < -0.4 is 36.5 Å². The number of benzene rings is 6. The molecule has 0 saturated heterocycles. The SMILES string of the molecule is COC(=O)[C@H](CCC(=O)CNC1CCOc2ccc(N)cc21)NC(=O)c1c(Cl)cc(-c2ccccc2)cc1Cl.COC(=O)[C@H](CCC(=O)CNC1CCOc2ccc([N+](=O)[O-])cc21)NC(=O)c1c(Cl)cc(-c2ccccc2)cc1Cl.S.S. The average Bonchev–Trinajstić information content (AvgIpc) is 3.60. The molecule has 434 valence electrons.